The van der Waals surface area contributed by atoms with E-state index in [0.717, 1.165) is 0 Å². The van der Waals surface area contributed by atoms with Gasteiger partial charge < -0.3 is 0 Å². The SMILES string of the molecule is CC(=O)c1cc(Cl)c(Br)c([N+](=O)[O-])c1. The van der Waals surface area contributed by atoms with Crippen LogP contribution in [0.5, 0.6) is 0 Å². The molecule has 0 fully saturated rings. The van der Waals surface area contributed by atoms with E-state index in [1.807, 2.05) is 0 Å². The fraction of sp³-hybridized carbons (Fsp3) is 0.125. The van der Waals surface area contributed by atoms with Crippen molar-refractivity contribution in [3.8, 4) is 0 Å². The van der Waals surface area contributed by atoms with Gasteiger partial charge in [-0.1, -0.05) is 11.6 Å². The van der Waals surface area contributed by atoms with E-state index >= 15 is 0 Å². The summed E-state index contributed by atoms with van der Waals surface area (Å²) in [6.07, 6.45) is 0. The molecule has 1 aromatic carbocycles. The fourth-order valence-electron chi connectivity index (χ4n) is 0.911. The summed E-state index contributed by atoms with van der Waals surface area (Å²) in [5.74, 6) is -0.262. The van der Waals surface area contributed by atoms with Crippen molar-refractivity contribution in [1.82, 2.24) is 0 Å². The molecule has 6 heteroatoms. The lowest BCUT2D eigenvalue weighted by Gasteiger charge is -2.00. The number of benzene rings is 1. The van der Waals surface area contributed by atoms with E-state index in [-0.39, 0.29) is 26.5 Å². The molecule has 0 unspecified atom stereocenters. The second-order valence-corrected chi connectivity index (χ2v) is 3.80. The molecule has 0 amide bonds. The largest absolute Gasteiger partial charge is 0.295 e. The molecule has 0 heterocycles. The van der Waals surface area contributed by atoms with E-state index in [0.29, 0.717) is 0 Å². The number of rotatable bonds is 2. The lowest BCUT2D eigenvalue weighted by molar-refractivity contribution is -0.385. The van der Waals surface area contributed by atoms with Crippen LogP contribution in [0.1, 0.15) is 17.3 Å². The second-order valence-electron chi connectivity index (χ2n) is 2.60. The molecule has 0 saturated heterocycles. The Bertz CT molecular complexity index is 419. The van der Waals surface area contributed by atoms with Crippen molar-refractivity contribution in [1.29, 1.82) is 0 Å². The summed E-state index contributed by atoms with van der Waals surface area (Å²) in [7, 11) is 0. The Morgan fingerprint density at radius 1 is 1.57 bits per heavy atom. The predicted octanol–water partition coefficient (Wildman–Crippen LogP) is 3.21. The Morgan fingerprint density at radius 3 is 2.57 bits per heavy atom. The first-order chi connectivity index (χ1) is 6.43. The lowest BCUT2D eigenvalue weighted by atomic mass is 10.1. The van der Waals surface area contributed by atoms with Gasteiger partial charge in [0.2, 0.25) is 0 Å². The standard InChI is InChI=1S/C8H5BrClNO3/c1-4(12)5-2-6(10)8(9)7(3-5)11(13)14/h2-3H,1H3. The molecule has 0 aliphatic rings. The highest BCUT2D eigenvalue weighted by molar-refractivity contribution is 9.10. The van der Waals surface area contributed by atoms with Crippen LogP contribution < -0.4 is 0 Å². The van der Waals surface area contributed by atoms with Gasteiger partial charge in [0.25, 0.3) is 5.69 Å². The monoisotopic (exact) mass is 277 g/mol. The molecule has 0 radical (unpaired) electrons. The lowest BCUT2D eigenvalue weighted by Crippen LogP contribution is -1.96. The summed E-state index contributed by atoms with van der Waals surface area (Å²) < 4.78 is 0.189. The molecule has 4 nitrogen and oxygen atoms in total. The van der Waals surface area contributed by atoms with Gasteiger partial charge in [-0.15, -0.1) is 0 Å². The average Bonchev–Trinajstić information content (AvgIpc) is 2.08. The van der Waals surface area contributed by atoms with E-state index in [1.54, 1.807) is 0 Å². The molecule has 0 spiro atoms. The first-order valence-electron chi connectivity index (χ1n) is 3.58. The number of Topliss-reactive ketones (excluding diaryl/α,β-unsaturated/α-hetero) is 1. The van der Waals surface area contributed by atoms with E-state index in [2.05, 4.69) is 15.9 Å². The Kier molecular flexibility index (Phi) is 3.23. The Hall–Kier alpha value is -0.940. The van der Waals surface area contributed by atoms with E-state index in [4.69, 9.17) is 11.6 Å². The summed E-state index contributed by atoms with van der Waals surface area (Å²) in [6.45, 7) is 1.32. The van der Waals surface area contributed by atoms with Crippen LogP contribution in [0.4, 0.5) is 5.69 Å². The first kappa shape index (κ1) is 11.1. The summed E-state index contributed by atoms with van der Waals surface area (Å²) in [5, 5.41) is 10.7. The molecule has 0 N–H and O–H groups in total. The van der Waals surface area contributed by atoms with Gasteiger partial charge in [0.15, 0.2) is 5.78 Å². The van der Waals surface area contributed by atoms with Crippen molar-refractivity contribution >= 4 is 39.0 Å². The van der Waals surface area contributed by atoms with Crippen LogP contribution in [-0.4, -0.2) is 10.7 Å². The van der Waals surface area contributed by atoms with E-state index < -0.39 is 4.92 Å². The number of nitro groups is 1. The van der Waals surface area contributed by atoms with Gasteiger partial charge >= 0.3 is 0 Å². The Morgan fingerprint density at radius 2 is 2.14 bits per heavy atom. The molecular formula is C8H5BrClNO3. The van der Waals surface area contributed by atoms with Crippen molar-refractivity contribution in [3.63, 3.8) is 0 Å². The molecule has 1 rings (SSSR count). The van der Waals surface area contributed by atoms with Crippen LogP contribution in [0.2, 0.25) is 5.02 Å². The molecule has 0 aliphatic heterocycles. The van der Waals surface area contributed by atoms with Gasteiger partial charge in [-0.2, -0.15) is 0 Å². The van der Waals surface area contributed by atoms with Gasteiger partial charge in [-0.25, -0.2) is 0 Å². The average molecular weight is 278 g/mol. The van der Waals surface area contributed by atoms with Gasteiger partial charge in [-0.05, 0) is 28.9 Å². The zero-order valence-electron chi connectivity index (χ0n) is 7.08. The molecule has 0 bridgehead atoms. The summed E-state index contributed by atoms with van der Waals surface area (Å²) in [5.41, 5.74) is 0.0209. The van der Waals surface area contributed by atoms with Gasteiger partial charge in [0, 0.05) is 11.6 Å². The number of halogens is 2. The number of ketones is 1. The van der Waals surface area contributed by atoms with Crippen LogP contribution in [0, 0.1) is 10.1 Å². The predicted molar refractivity (Wildman–Crippen MR) is 55.8 cm³/mol. The minimum atomic E-state index is -0.595. The third kappa shape index (κ3) is 2.10. The highest BCUT2D eigenvalue weighted by atomic mass is 79.9. The van der Waals surface area contributed by atoms with Crippen molar-refractivity contribution in [3.05, 3.63) is 37.3 Å². The molecule has 0 saturated carbocycles. The number of carbonyl (C=O) groups excluding carboxylic acids is 1. The number of hydrogen-bond donors (Lipinski definition) is 0. The zero-order valence-corrected chi connectivity index (χ0v) is 9.42. The maximum Gasteiger partial charge on any atom is 0.285 e. The van der Waals surface area contributed by atoms with Gasteiger partial charge in [0.05, 0.1) is 9.95 Å². The number of nitrogens with zero attached hydrogens (tertiary/aromatic N) is 1. The van der Waals surface area contributed by atoms with Crippen LogP contribution in [0.15, 0.2) is 16.6 Å². The number of hydrogen-bond acceptors (Lipinski definition) is 3. The van der Waals surface area contributed by atoms with Crippen LogP contribution in [0.25, 0.3) is 0 Å². The maximum absolute atomic E-state index is 11.0. The third-order valence-corrected chi connectivity index (χ3v) is 2.97. The quantitative estimate of drug-likeness (QED) is 0.474. The van der Waals surface area contributed by atoms with Crippen molar-refractivity contribution in [2.45, 2.75) is 6.92 Å². The van der Waals surface area contributed by atoms with Crippen LogP contribution >= 0.6 is 27.5 Å². The molecule has 1 aromatic rings. The maximum atomic E-state index is 11.0. The van der Waals surface area contributed by atoms with Crippen LogP contribution in [-0.2, 0) is 0 Å². The third-order valence-electron chi connectivity index (χ3n) is 1.61. The first-order valence-corrected chi connectivity index (χ1v) is 4.75. The topological polar surface area (TPSA) is 60.2 Å². The normalized spacial score (nSPS) is 9.93. The number of carbonyl (C=O) groups is 1. The molecular weight excluding hydrogens is 273 g/mol. The zero-order chi connectivity index (χ0) is 10.9. The second kappa shape index (κ2) is 4.06. The van der Waals surface area contributed by atoms with Crippen LogP contribution in [0.3, 0.4) is 0 Å². The molecule has 74 valence electrons. The van der Waals surface area contributed by atoms with Crippen molar-refractivity contribution in [2.75, 3.05) is 0 Å². The van der Waals surface area contributed by atoms with Crippen molar-refractivity contribution in [2.24, 2.45) is 0 Å². The van der Waals surface area contributed by atoms with Crippen molar-refractivity contribution < 1.29 is 9.72 Å². The summed E-state index contributed by atoms with van der Waals surface area (Å²) in [6, 6.07) is 2.58. The summed E-state index contributed by atoms with van der Waals surface area (Å²) >= 11 is 8.68. The molecule has 14 heavy (non-hydrogen) atoms. The Labute approximate surface area is 93.1 Å². The molecule has 0 aliphatic carbocycles. The smallest absolute Gasteiger partial charge is 0.285 e. The van der Waals surface area contributed by atoms with E-state index in [9.17, 15) is 14.9 Å². The molecule has 0 aromatic heterocycles. The highest BCUT2D eigenvalue weighted by Crippen LogP contribution is 2.33. The Balaban J connectivity index is 3.43. The highest BCUT2D eigenvalue weighted by Gasteiger charge is 2.17. The molecule has 0 atom stereocenters. The fourth-order valence-corrected chi connectivity index (χ4v) is 1.50. The summed E-state index contributed by atoms with van der Waals surface area (Å²) in [4.78, 5) is 20.9. The minimum absolute atomic E-state index is 0.157. The minimum Gasteiger partial charge on any atom is -0.295 e. The van der Waals surface area contributed by atoms with E-state index in [1.165, 1.54) is 19.1 Å². The number of nitro benzene ring substituents is 1. The van der Waals surface area contributed by atoms with Gasteiger partial charge in [0.1, 0.15) is 4.47 Å². The van der Waals surface area contributed by atoms with Gasteiger partial charge in [-0.3, -0.25) is 14.9 Å².